The Balaban J connectivity index is 1.98. The van der Waals surface area contributed by atoms with E-state index in [0.29, 0.717) is 32.4 Å². The molecule has 2 aliphatic rings. The Labute approximate surface area is 107 Å². The second-order valence-corrected chi connectivity index (χ2v) is 5.74. The number of likely N-dealkylation sites (tertiary alicyclic amines) is 1. The monoisotopic (exact) mass is 254 g/mol. The lowest BCUT2D eigenvalue weighted by atomic mass is 9.73. The van der Waals surface area contributed by atoms with Crippen molar-refractivity contribution in [2.45, 2.75) is 51.0 Å². The van der Waals surface area contributed by atoms with Crippen molar-refractivity contribution in [3.63, 3.8) is 0 Å². The Morgan fingerprint density at radius 2 is 1.78 bits per heavy atom. The summed E-state index contributed by atoms with van der Waals surface area (Å²) in [6, 6.07) is 0. The van der Waals surface area contributed by atoms with Crippen LogP contribution in [0.25, 0.3) is 0 Å². The molecular weight excluding hydrogens is 232 g/mol. The van der Waals surface area contributed by atoms with E-state index in [1.54, 1.807) is 4.90 Å². The first kappa shape index (κ1) is 13.3. The Hall–Kier alpha value is -1.10. The molecule has 1 aliphatic carbocycles. The van der Waals surface area contributed by atoms with Crippen LogP contribution in [0.2, 0.25) is 0 Å². The Bertz CT molecular complexity index is 355. The van der Waals surface area contributed by atoms with Gasteiger partial charge >= 0.3 is 5.97 Å². The van der Waals surface area contributed by atoms with Crippen molar-refractivity contribution >= 4 is 11.9 Å². The minimum atomic E-state index is -0.733. The summed E-state index contributed by atoms with van der Waals surface area (Å²) < 4.78 is 0. The number of carboxylic acids is 1. The van der Waals surface area contributed by atoms with Crippen molar-refractivity contribution in [2.75, 3.05) is 13.1 Å². The third kappa shape index (κ3) is 2.00. The molecule has 0 aromatic carbocycles. The summed E-state index contributed by atoms with van der Waals surface area (Å²) in [7, 11) is 0. The molecule has 2 fully saturated rings. The number of piperidine rings is 1. The molecule has 0 unspecified atom stereocenters. The zero-order chi connectivity index (χ0) is 13.4. The minimum absolute atomic E-state index is 0.0174. The number of amides is 1. The van der Waals surface area contributed by atoms with Gasteiger partial charge in [0.2, 0.25) is 5.91 Å². The number of nitrogens with zero attached hydrogens (tertiary/aromatic N) is 1. The number of carbonyl (C=O) groups excluding carboxylic acids is 1. The van der Waals surface area contributed by atoms with Crippen molar-refractivity contribution < 1.29 is 14.7 Å². The first-order valence-electron chi connectivity index (χ1n) is 6.75. The predicted molar refractivity (Wildman–Crippen MR) is 66.9 cm³/mol. The van der Waals surface area contributed by atoms with Crippen molar-refractivity contribution in [2.24, 2.45) is 11.1 Å². The molecule has 0 aromatic heterocycles. The number of nitrogens with two attached hydrogens (primary N) is 1. The number of carbonyl (C=O) groups is 2. The Morgan fingerprint density at radius 1 is 1.22 bits per heavy atom. The molecule has 1 saturated carbocycles. The maximum atomic E-state index is 12.2. The maximum Gasteiger partial charge on any atom is 0.309 e. The molecule has 1 saturated heterocycles. The number of hydrogen-bond donors (Lipinski definition) is 2. The summed E-state index contributed by atoms with van der Waals surface area (Å²) in [6.45, 7) is 2.96. The van der Waals surface area contributed by atoms with Gasteiger partial charge in [0, 0.05) is 13.1 Å². The smallest absolute Gasteiger partial charge is 0.309 e. The van der Waals surface area contributed by atoms with E-state index < -0.39 is 16.9 Å². The van der Waals surface area contributed by atoms with Gasteiger partial charge in [-0.05, 0) is 38.5 Å². The van der Waals surface area contributed by atoms with E-state index in [0.717, 1.165) is 19.3 Å². The van der Waals surface area contributed by atoms with Crippen LogP contribution in [0.3, 0.4) is 0 Å². The Kier molecular flexibility index (Phi) is 3.36. The van der Waals surface area contributed by atoms with Crippen LogP contribution in [0.15, 0.2) is 0 Å². The summed E-state index contributed by atoms with van der Waals surface area (Å²) >= 11 is 0. The summed E-state index contributed by atoms with van der Waals surface area (Å²) in [5.74, 6) is -0.716. The number of rotatable bonds is 3. The quantitative estimate of drug-likeness (QED) is 0.786. The molecule has 5 heteroatoms. The lowest BCUT2D eigenvalue weighted by Gasteiger charge is -2.44. The van der Waals surface area contributed by atoms with Crippen LogP contribution in [0.1, 0.15) is 45.4 Å². The molecule has 5 nitrogen and oxygen atoms in total. The van der Waals surface area contributed by atoms with E-state index in [-0.39, 0.29) is 5.91 Å². The zero-order valence-electron chi connectivity index (χ0n) is 10.9. The summed E-state index contributed by atoms with van der Waals surface area (Å²) in [5, 5.41) is 9.30. The van der Waals surface area contributed by atoms with Crippen molar-refractivity contribution in [3.05, 3.63) is 0 Å². The minimum Gasteiger partial charge on any atom is -0.481 e. The summed E-state index contributed by atoms with van der Waals surface area (Å²) in [4.78, 5) is 25.3. The van der Waals surface area contributed by atoms with Gasteiger partial charge < -0.3 is 15.7 Å². The molecule has 18 heavy (non-hydrogen) atoms. The van der Waals surface area contributed by atoms with Crippen molar-refractivity contribution in [3.8, 4) is 0 Å². The van der Waals surface area contributed by atoms with Gasteiger partial charge in [-0.15, -0.1) is 0 Å². The van der Waals surface area contributed by atoms with Crippen molar-refractivity contribution in [1.29, 1.82) is 0 Å². The maximum absolute atomic E-state index is 12.2. The zero-order valence-corrected chi connectivity index (χ0v) is 10.9. The van der Waals surface area contributed by atoms with Crippen LogP contribution in [-0.2, 0) is 9.59 Å². The van der Waals surface area contributed by atoms with E-state index in [4.69, 9.17) is 5.73 Å². The van der Waals surface area contributed by atoms with Gasteiger partial charge in [-0.2, -0.15) is 0 Å². The van der Waals surface area contributed by atoms with Gasteiger partial charge in [0.05, 0.1) is 11.0 Å². The number of aliphatic carboxylic acids is 1. The molecule has 2 rings (SSSR count). The molecule has 102 valence electrons. The second-order valence-electron chi connectivity index (χ2n) is 5.74. The van der Waals surface area contributed by atoms with Crippen LogP contribution in [0.4, 0.5) is 0 Å². The van der Waals surface area contributed by atoms with E-state index >= 15 is 0 Å². The standard InChI is InChI=1S/C13H22N2O3/c1-2-12(11(17)18)6-8-15(9-7-12)10(16)13(14)4-3-5-13/h2-9,14H2,1H3,(H,17,18). The molecule has 0 spiro atoms. The molecule has 0 bridgehead atoms. The number of carboxylic acid groups (broad SMARTS) is 1. The molecule has 0 atom stereocenters. The molecule has 1 heterocycles. The second kappa shape index (κ2) is 4.53. The topological polar surface area (TPSA) is 83.6 Å². The highest BCUT2D eigenvalue weighted by molar-refractivity contribution is 5.87. The van der Waals surface area contributed by atoms with E-state index in [1.165, 1.54) is 0 Å². The SMILES string of the molecule is CCC1(C(=O)O)CCN(C(=O)C2(N)CCC2)CC1. The summed E-state index contributed by atoms with van der Waals surface area (Å²) in [6.07, 6.45) is 4.25. The highest BCUT2D eigenvalue weighted by Crippen LogP contribution is 2.37. The van der Waals surface area contributed by atoms with E-state index in [9.17, 15) is 14.7 Å². The van der Waals surface area contributed by atoms with Crippen LogP contribution >= 0.6 is 0 Å². The van der Waals surface area contributed by atoms with Gasteiger partial charge in [0.15, 0.2) is 0 Å². The molecular formula is C13H22N2O3. The van der Waals surface area contributed by atoms with Crippen molar-refractivity contribution in [1.82, 2.24) is 4.90 Å². The molecule has 1 aliphatic heterocycles. The average Bonchev–Trinajstić information content (AvgIpc) is 2.35. The summed E-state index contributed by atoms with van der Waals surface area (Å²) in [5.41, 5.74) is 4.73. The van der Waals surface area contributed by atoms with E-state index in [1.807, 2.05) is 6.92 Å². The van der Waals surface area contributed by atoms with Gasteiger partial charge in [-0.25, -0.2) is 0 Å². The van der Waals surface area contributed by atoms with Gasteiger partial charge in [0.1, 0.15) is 0 Å². The largest absolute Gasteiger partial charge is 0.481 e. The number of hydrogen-bond acceptors (Lipinski definition) is 3. The fraction of sp³-hybridized carbons (Fsp3) is 0.846. The third-order valence-electron chi connectivity index (χ3n) is 4.81. The van der Waals surface area contributed by atoms with E-state index in [2.05, 4.69) is 0 Å². The predicted octanol–water partition coefficient (Wildman–Crippen LogP) is 0.971. The first-order chi connectivity index (χ1) is 8.43. The lowest BCUT2D eigenvalue weighted by molar-refractivity contribution is -0.156. The van der Waals surface area contributed by atoms with Gasteiger partial charge in [0.25, 0.3) is 0 Å². The molecule has 1 amide bonds. The van der Waals surface area contributed by atoms with Crippen LogP contribution in [0.5, 0.6) is 0 Å². The van der Waals surface area contributed by atoms with Crippen LogP contribution < -0.4 is 5.73 Å². The average molecular weight is 254 g/mol. The lowest BCUT2D eigenvalue weighted by Crippen LogP contribution is -2.61. The fourth-order valence-corrected chi connectivity index (χ4v) is 2.94. The van der Waals surface area contributed by atoms with Crippen LogP contribution in [0, 0.1) is 5.41 Å². The highest BCUT2D eigenvalue weighted by Gasteiger charge is 2.46. The van der Waals surface area contributed by atoms with Gasteiger partial charge in [-0.3, -0.25) is 9.59 Å². The highest BCUT2D eigenvalue weighted by atomic mass is 16.4. The molecule has 0 aromatic rings. The third-order valence-corrected chi connectivity index (χ3v) is 4.81. The van der Waals surface area contributed by atoms with Crippen LogP contribution in [-0.4, -0.2) is 40.5 Å². The molecule has 3 N–H and O–H groups in total. The first-order valence-corrected chi connectivity index (χ1v) is 6.75. The van der Waals surface area contributed by atoms with Gasteiger partial charge in [-0.1, -0.05) is 6.92 Å². The normalized spacial score (nSPS) is 25.3. The Morgan fingerprint density at radius 3 is 2.11 bits per heavy atom. The molecule has 0 radical (unpaired) electrons. The fourth-order valence-electron chi connectivity index (χ4n) is 2.94.